The quantitative estimate of drug-likeness (QED) is 0.850. The van der Waals surface area contributed by atoms with Gasteiger partial charge in [0.1, 0.15) is 5.69 Å². The third-order valence-corrected chi connectivity index (χ3v) is 1.77. The molecule has 2 aromatic rings. The van der Waals surface area contributed by atoms with Crippen molar-refractivity contribution >= 4 is 0 Å². The summed E-state index contributed by atoms with van der Waals surface area (Å²) in [6.45, 7) is 4.00. The van der Waals surface area contributed by atoms with Crippen molar-refractivity contribution in [1.82, 2.24) is 15.2 Å². The van der Waals surface area contributed by atoms with E-state index in [1.165, 1.54) is 6.07 Å². The zero-order valence-corrected chi connectivity index (χ0v) is 9.11. The molecule has 0 spiro atoms. The minimum absolute atomic E-state index is 0.225. The minimum atomic E-state index is -2.54. The first-order valence-corrected chi connectivity index (χ1v) is 5.02. The number of alkyl halides is 2. The fraction of sp³-hybridized carbons (Fsp3) is 0.273. The van der Waals surface area contributed by atoms with E-state index >= 15 is 0 Å². The standard InChI is InChI=1S/C9H7F2N3.C2H6/c10-9(11)8-3-1-2-6(13-8)7-4-5-12-14-7;1-2/h1-5,9H,(H,12,14);1-2H3. The lowest BCUT2D eigenvalue weighted by molar-refractivity contribution is 0.146. The number of nitrogens with zero attached hydrogens (tertiary/aromatic N) is 2. The Kier molecular flexibility index (Phi) is 4.57. The maximum absolute atomic E-state index is 12.3. The van der Waals surface area contributed by atoms with Crippen molar-refractivity contribution in [2.45, 2.75) is 20.3 Å². The third kappa shape index (κ3) is 2.85. The van der Waals surface area contributed by atoms with Crippen molar-refractivity contribution in [1.29, 1.82) is 0 Å². The molecule has 0 aromatic carbocycles. The average molecular weight is 225 g/mol. The first-order valence-electron chi connectivity index (χ1n) is 5.02. The molecule has 0 aliphatic heterocycles. The number of hydrogen-bond donors (Lipinski definition) is 1. The minimum Gasteiger partial charge on any atom is -0.276 e. The van der Waals surface area contributed by atoms with E-state index in [1.54, 1.807) is 24.4 Å². The van der Waals surface area contributed by atoms with E-state index in [4.69, 9.17) is 0 Å². The molecule has 0 saturated carbocycles. The molecule has 5 heteroatoms. The number of aromatic amines is 1. The molecule has 16 heavy (non-hydrogen) atoms. The molecule has 86 valence electrons. The molecule has 0 aliphatic rings. The van der Waals surface area contributed by atoms with Gasteiger partial charge in [0, 0.05) is 6.20 Å². The van der Waals surface area contributed by atoms with Crippen LogP contribution in [0.4, 0.5) is 8.78 Å². The number of pyridine rings is 1. The van der Waals surface area contributed by atoms with Crippen LogP contribution in [0.25, 0.3) is 11.4 Å². The van der Waals surface area contributed by atoms with Crippen molar-refractivity contribution in [3.8, 4) is 11.4 Å². The number of aromatic nitrogens is 3. The lowest BCUT2D eigenvalue weighted by atomic mass is 10.2. The van der Waals surface area contributed by atoms with Crippen LogP contribution < -0.4 is 0 Å². The monoisotopic (exact) mass is 225 g/mol. The summed E-state index contributed by atoms with van der Waals surface area (Å²) in [5.41, 5.74) is 0.880. The molecule has 0 radical (unpaired) electrons. The predicted octanol–water partition coefficient (Wildman–Crippen LogP) is 3.44. The lowest BCUT2D eigenvalue weighted by Gasteiger charge is -2.00. The van der Waals surface area contributed by atoms with Gasteiger partial charge in [-0.1, -0.05) is 19.9 Å². The van der Waals surface area contributed by atoms with Crippen molar-refractivity contribution in [2.75, 3.05) is 0 Å². The molecular weight excluding hydrogens is 212 g/mol. The Hall–Kier alpha value is -1.78. The Labute approximate surface area is 92.5 Å². The highest BCUT2D eigenvalue weighted by Crippen LogP contribution is 2.20. The smallest absolute Gasteiger partial charge is 0.276 e. The van der Waals surface area contributed by atoms with E-state index in [-0.39, 0.29) is 5.69 Å². The van der Waals surface area contributed by atoms with Gasteiger partial charge in [-0.15, -0.1) is 0 Å². The maximum Gasteiger partial charge on any atom is 0.280 e. The van der Waals surface area contributed by atoms with Gasteiger partial charge in [0.2, 0.25) is 0 Å². The molecule has 3 nitrogen and oxygen atoms in total. The highest BCUT2D eigenvalue weighted by molar-refractivity contribution is 5.53. The fourth-order valence-electron chi connectivity index (χ4n) is 1.12. The number of H-pyrrole nitrogens is 1. The second kappa shape index (κ2) is 5.95. The summed E-state index contributed by atoms with van der Waals surface area (Å²) >= 11 is 0. The Morgan fingerprint density at radius 3 is 2.50 bits per heavy atom. The second-order valence-corrected chi connectivity index (χ2v) is 2.72. The zero-order chi connectivity index (χ0) is 12.0. The summed E-state index contributed by atoms with van der Waals surface area (Å²) in [6, 6.07) is 6.17. The Morgan fingerprint density at radius 2 is 1.94 bits per heavy atom. The number of rotatable bonds is 2. The number of halogens is 2. The second-order valence-electron chi connectivity index (χ2n) is 2.72. The molecule has 0 fully saturated rings. The molecule has 0 bridgehead atoms. The average Bonchev–Trinajstić information content (AvgIpc) is 2.85. The van der Waals surface area contributed by atoms with E-state index in [0.717, 1.165) is 0 Å². The van der Waals surface area contributed by atoms with Crippen molar-refractivity contribution in [2.24, 2.45) is 0 Å². The SMILES string of the molecule is CC.FC(F)c1cccc(-c2ccn[nH]2)n1. The van der Waals surface area contributed by atoms with Crippen LogP contribution in [0.1, 0.15) is 26.0 Å². The van der Waals surface area contributed by atoms with Crippen molar-refractivity contribution < 1.29 is 8.78 Å². The number of nitrogens with one attached hydrogen (secondary N) is 1. The van der Waals surface area contributed by atoms with E-state index < -0.39 is 6.43 Å². The van der Waals surface area contributed by atoms with E-state index in [0.29, 0.717) is 11.4 Å². The van der Waals surface area contributed by atoms with Crippen molar-refractivity contribution in [3.05, 3.63) is 36.2 Å². The van der Waals surface area contributed by atoms with Crippen LogP contribution in [-0.2, 0) is 0 Å². The van der Waals surface area contributed by atoms with Gasteiger partial charge in [-0.2, -0.15) is 5.10 Å². The normalized spacial score (nSPS) is 9.81. The van der Waals surface area contributed by atoms with Crippen molar-refractivity contribution in [3.63, 3.8) is 0 Å². The van der Waals surface area contributed by atoms with Crippen LogP contribution in [0, 0.1) is 0 Å². The summed E-state index contributed by atoms with van der Waals surface area (Å²) in [5.74, 6) is 0. The summed E-state index contributed by atoms with van der Waals surface area (Å²) in [7, 11) is 0. The van der Waals surface area contributed by atoms with Crippen LogP contribution in [0.5, 0.6) is 0 Å². The van der Waals surface area contributed by atoms with Gasteiger partial charge in [0.05, 0.1) is 11.4 Å². The first kappa shape index (κ1) is 12.3. The topological polar surface area (TPSA) is 41.6 Å². The lowest BCUT2D eigenvalue weighted by Crippen LogP contribution is -1.92. The summed E-state index contributed by atoms with van der Waals surface area (Å²) in [6.07, 6.45) is -0.996. The molecule has 0 aliphatic carbocycles. The largest absolute Gasteiger partial charge is 0.280 e. The van der Waals surface area contributed by atoms with E-state index in [1.807, 2.05) is 13.8 Å². The van der Waals surface area contributed by atoms with Gasteiger partial charge in [0.15, 0.2) is 0 Å². The van der Waals surface area contributed by atoms with Crippen LogP contribution >= 0.6 is 0 Å². The van der Waals surface area contributed by atoms with Gasteiger partial charge in [-0.05, 0) is 18.2 Å². The first-order chi connectivity index (χ1) is 7.77. The Morgan fingerprint density at radius 1 is 1.19 bits per heavy atom. The molecule has 0 amide bonds. The van der Waals surface area contributed by atoms with Crippen LogP contribution in [0.2, 0.25) is 0 Å². The van der Waals surface area contributed by atoms with Gasteiger partial charge < -0.3 is 0 Å². The van der Waals surface area contributed by atoms with E-state index in [2.05, 4.69) is 15.2 Å². The van der Waals surface area contributed by atoms with Gasteiger partial charge in [-0.25, -0.2) is 13.8 Å². The molecule has 2 aromatic heterocycles. The molecule has 2 heterocycles. The summed E-state index contributed by atoms with van der Waals surface area (Å²) < 4.78 is 24.6. The maximum atomic E-state index is 12.3. The Bertz CT molecular complexity index is 413. The molecule has 2 rings (SSSR count). The predicted molar refractivity (Wildman–Crippen MR) is 58.1 cm³/mol. The molecule has 0 unspecified atom stereocenters. The Balaban J connectivity index is 0.000000606. The van der Waals surface area contributed by atoms with Crippen LogP contribution in [0.15, 0.2) is 30.5 Å². The molecule has 0 saturated heterocycles. The highest BCUT2D eigenvalue weighted by atomic mass is 19.3. The van der Waals surface area contributed by atoms with Gasteiger partial charge in [0.25, 0.3) is 6.43 Å². The summed E-state index contributed by atoms with van der Waals surface area (Å²) in [5, 5.41) is 6.38. The fourth-order valence-corrected chi connectivity index (χ4v) is 1.12. The number of hydrogen-bond acceptors (Lipinski definition) is 2. The summed E-state index contributed by atoms with van der Waals surface area (Å²) in [4.78, 5) is 3.79. The third-order valence-electron chi connectivity index (χ3n) is 1.77. The molecule has 0 atom stereocenters. The zero-order valence-electron chi connectivity index (χ0n) is 9.11. The van der Waals surface area contributed by atoms with Gasteiger partial charge in [-0.3, -0.25) is 5.10 Å². The molecular formula is C11H13F2N3. The molecule has 1 N–H and O–H groups in total. The van der Waals surface area contributed by atoms with Crippen LogP contribution in [0.3, 0.4) is 0 Å². The van der Waals surface area contributed by atoms with Gasteiger partial charge >= 0.3 is 0 Å². The highest BCUT2D eigenvalue weighted by Gasteiger charge is 2.09. The van der Waals surface area contributed by atoms with Crippen LogP contribution in [-0.4, -0.2) is 15.2 Å². The van der Waals surface area contributed by atoms with E-state index in [9.17, 15) is 8.78 Å².